The first-order valence-corrected chi connectivity index (χ1v) is 4.64. The molecule has 1 aliphatic rings. The molecule has 1 saturated heterocycles. The van der Waals surface area contributed by atoms with Gasteiger partial charge >= 0.3 is 0 Å². The maximum absolute atomic E-state index is 5.26. The highest BCUT2D eigenvalue weighted by Gasteiger charge is 2.20. The number of nitrogens with zero attached hydrogens (tertiary/aromatic N) is 1. The van der Waals surface area contributed by atoms with Crippen LogP contribution in [0, 0.1) is 0 Å². The molecule has 1 atom stereocenters. The summed E-state index contributed by atoms with van der Waals surface area (Å²) in [7, 11) is 1.69. The molecule has 3 heteroatoms. The molecule has 0 aliphatic carbocycles. The summed E-state index contributed by atoms with van der Waals surface area (Å²) in [6.07, 6.45) is 4.20. The summed E-state index contributed by atoms with van der Waals surface area (Å²) < 4.78 is 5.26. The lowest BCUT2D eigenvalue weighted by Gasteiger charge is -2.12. The van der Waals surface area contributed by atoms with Gasteiger partial charge in [-0.15, -0.1) is 0 Å². The van der Waals surface area contributed by atoms with Gasteiger partial charge in [-0.1, -0.05) is 0 Å². The minimum Gasteiger partial charge on any atom is -0.495 e. The second-order valence-electron chi connectivity index (χ2n) is 3.24. The molecule has 0 spiro atoms. The van der Waals surface area contributed by atoms with E-state index < -0.39 is 0 Å². The smallest absolute Gasteiger partial charge is 0.141 e. The quantitative estimate of drug-likeness (QED) is 0.745. The van der Waals surface area contributed by atoms with Crippen LogP contribution in [0.1, 0.15) is 24.6 Å². The van der Waals surface area contributed by atoms with Crippen LogP contribution in [0.3, 0.4) is 0 Å². The Morgan fingerprint density at radius 3 is 3.23 bits per heavy atom. The molecule has 1 N–H and O–H groups in total. The first-order chi connectivity index (χ1) is 6.42. The number of hydrogen-bond acceptors (Lipinski definition) is 3. The van der Waals surface area contributed by atoms with Gasteiger partial charge in [0.1, 0.15) is 5.75 Å². The zero-order chi connectivity index (χ0) is 9.10. The van der Waals surface area contributed by atoms with Gasteiger partial charge in [0.15, 0.2) is 0 Å². The zero-order valence-corrected chi connectivity index (χ0v) is 7.79. The van der Waals surface area contributed by atoms with Crippen molar-refractivity contribution >= 4 is 0 Å². The van der Waals surface area contributed by atoms with Crippen LogP contribution in [0.4, 0.5) is 0 Å². The van der Waals surface area contributed by atoms with Crippen LogP contribution in [0.2, 0.25) is 0 Å². The average molecular weight is 178 g/mol. The fourth-order valence-corrected chi connectivity index (χ4v) is 1.76. The monoisotopic (exact) mass is 178 g/mol. The molecule has 0 radical (unpaired) electrons. The van der Waals surface area contributed by atoms with Crippen molar-refractivity contribution in [3.8, 4) is 5.75 Å². The lowest BCUT2D eigenvalue weighted by atomic mass is 10.1. The third-order valence-electron chi connectivity index (χ3n) is 2.41. The Kier molecular flexibility index (Phi) is 2.45. The van der Waals surface area contributed by atoms with Gasteiger partial charge in [-0.3, -0.25) is 4.98 Å². The van der Waals surface area contributed by atoms with Crippen LogP contribution in [0.15, 0.2) is 18.3 Å². The van der Waals surface area contributed by atoms with E-state index in [0.29, 0.717) is 6.04 Å². The average Bonchev–Trinajstić information content (AvgIpc) is 2.70. The highest BCUT2D eigenvalue weighted by molar-refractivity contribution is 5.29. The molecule has 2 rings (SSSR count). The fourth-order valence-electron chi connectivity index (χ4n) is 1.76. The van der Waals surface area contributed by atoms with Gasteiger partial charge in [-0.05, 0) is 31.5 Å². The maximum Gasteiger partial charge on any atom is 0.141 e. The van der Waals surface area contributed by atoms with E-state index >= 15 is 0 Å². The fraction of sp³-hybridized carbons (Fsp3) is 0.500. The number of methoxy groups -OCH3 is 1. The minimum absolute atomic E-state index is 0.385. The molecule has 0 bridgehead atoms. The first kappa shape index (κ1) is 8.51. The molecule has 0 amide bonds. The van der Waals surface area contributed by atoms with E-state index in [1.807, 2.05) is 18.3 Å². The van der Waals surface area contributed by atoms with Gasteiger partial charge in [0.2, 0.25) is 0 Å². The van der Waals surface area contributed by atoms with Crippen molar-refractivity contribution in [2.75, 3.05) is 13.7 Å². The van der Waals surface area contributed by atoms with E-state index in [1.165, 1.54) is 6.42 Å². The normalized spacial score (nSPS) is 21.8. The van der Waals surface area contributed by atoms with Crippen molar-refractivity contribution < 1.29 is 4.74 Å². The Bertz CT molecular complexity index is 282. The molecule has 1 aromatic rings. The Balaban J connectivity index is 2.26. The lowest BCUT2D eigenvalue weighted by molar-refractivity contribution is 0.399. The van der Waals surface area contributed by atoms with E-state index in [1.54, 1.807) is 7.11 Å². The zero-order valence-electron chi connectivity index (χ0n) is 7.79. The van der Waals surface area contributed by atoms with E-state index in [2.05, 4.69) is 10.3 Å². The number of aromatic nitrogens is 1. The van der Waals surface area contributed by atoms with Crippen molar-refractivity contribution in [1.82, 2.24) is 10.3 Å². The maximum atomic E-state index is 5.26. The summed E-state index contributed by atoms with van der Waals surface area (Å²) in [4.78, 5) is 4.34. The van der Waals surface area contributed by atoms with Crippen molar-refractivity contribution in [3.63, 3.8) is 0 Å². The van der Waals surface area contributed by atoms with Crippen LogP contribution < -0.4 is 10.1 Å². The summed E-state index contributed by atoms with van der Waals surface area (Å²) in [5, 5.41) is 3.41. The van der Waals surface area contributed by atoms with Crippen LogP contribution in [0.25, 0.3) is 0 Å². The van der Waals surface area contributed by atoms with Crippen LogP contribution in [0.5, 0.6) is 5.75 Å². The lowest BCUT2D eigenvalue weighted by Crippen LogP contribution is -2.15. The second-order valence-corrected chi connectivity index (χ2v) is 3.24. The minimum atomic E-state index is 0.385. The highest BCUT2D eigenvalue weighted by atomic mass is 16.5. The Morgan fingerprint density at radius 1 is 1.62 bits per heavy atom. The van der Waals surface area contributed by atoms with E-state index in [-0.39, 0.29) is 0 Å². The highest BCUT2D eigenvalue weighted by Crippen LogP contribution is 2.28. The Labute approximate surface area is 78.1 Å². The molecule has 3 nitrogen and oxygen atoms in total. The molecule has 0 saturated carbocycles. The van der Waals surface area contributed by atoms with Gasteiger partial charge in [0.05, 0.1) is 18.8 Å². The largest absolute Gasteiger partial charge is 0.495 e. The van der Waals surface area contributed by atoms with Crippen molar-refractivity contribution in [3.05, 3.63) is 24.0 Å². The summed E-state index contributed by atoms with van der Waals surface area (Å²) in [5.74, 6) is 0.891. The van der Waals surface area contributed by atoms with E-state index in [0.717, 1.165) is 24.4 Å². The molecule has 1 aromatic heterocycles. The van der Waals surface area contributed by atoms with Gasteiger partial charge in [-0.2, -0.15) is 0 Å². The summed E-state index contributed by atoms with van der Waals surface area (Å²) >= 11 is 0. The van der Waals surface area contributed by atoms with Crippen molar-refractivity contribution in [1.29, 1.82) is 0 Å². The third-order valence-corrected chi connectivity index (χ3v) is 2.41. The molecular weight excluding hydrogens is 164 g/mol. The number of hydrogen-bond donors (Lipinski definition) is 1. The number of pyridine rings is 1. The molecule has 13 heavy (non-hydrogen) atoms. The van der Waals surface area contributed by atoms with E-state index in [4.69, 9.17) is 4.74 Å². The van der Waals surface area contributed by atoms with Crippen molar-refractivity contribution in [2.24, 2.45) is 0 Å². The van der Waals surface area contributed by atoms with Gasteiger partial charge < -0.3 is 10.1 Å². The van der Waals surface area contributed by atoms with Gasteiger partial charge in [0, 0.05) is 6.20 Å². The van der Waals surface area contributed by atoms with Crippen molar-refractivity contribution in [2.45, 2.75) is 18.9 Å². The standard InChI is InChI=1S/C10H14N2O/c1-13-9-5-3-7-12-10(9)8-4-2-6-11-8/h3,5,7-8,11H,2,4,6H2,1H3. The SMILES string of the molecule is COc1cccnc1C1CCCN1. The molecule has 70 valence electrons. The third kappa shape index (κ3) is 1.65. The molecular formula is C10H14N2O. The van der Waals surface area contributed by atoms with E-state index in [9.17, 15) is 0 Å². The molecule has 0 aromatic carbocycles. The Morgan fingerprint density at radius 2 is 2.54 bits per heavy atom. The van der Waals surface area contributed by atoms with Crippen LogP contribution in [-0.4, -0.2) is 18.6 Å². The Hall–Kier alpha value is -1.09. The molecule has 1 fully saturated rings. The molecule has 1 aliphatic heterocycles. The van der Waals surface area contributed by atoms with Gasteiger partial charge in [-0.25, -0.2) is 0 Å². The second kappa shape index (κ2) is 3.75. The van der Waals surface area contributed by atoms with Crippen LogP contribution in [-0.2, 0) is 0 Å². The summed E-state index contributed by atoms with van der Waals surface area (Å²) in [5.41, 5.74) is 1.04. The summed E-state index contributed by atoms with van der Waals surface area (Å²) in [6.45, 7) is 1.09. The number of nitrogens with one attached hydrogen (secondary N) is 1. The van der Waals surface area contributed by atoms with Crippen LogP contribution >= 0.6 is 0 Å². The number of rotatable bonds is 2. The number of ether oxygens (including phenoxy) is 1. The molecule has 2 heterocycles. The van der Waals surface area contributed by atoms with Gasteiger partial charge in [0.25, 0.3) is 0 Å². The first-order valence-electron chi connectivity index (χ1n) is 4.64. The summed E-state index contributed by atoms with van der Waals surface area (Å²) in [6, 6.07) is 4.25. The predicted octanol–water partition coefficient (Wildman–Crippen LogP) is 1.51. The predicted molar refractivity (Wildman–Crippen MR) is 50.8 cm³/mol. The topological polar surface area (TPSA) is 34.1 Å². The molecule has 1 unspecified atom stereocenters.